The van der Waals surface area contributed by atoms with Gasteiger partial charge in [0, 0.05) is 12.3 Å². The Hall–Kier alpha value is -2.37. The summed E-state index contributed by atoms with van der Waals surface area (Å²) in [6.45, 7) is 5.10. The van der Waals surface area contributed by atoms with Crippen LogP contribution in [0.4, 0.5) is 0 Å². The number of carbonyl (C=O) groups is 2. The number of rotatable bonds is 6. The predicted octanol–water partition coefficient (Wildman–Crippen LogP) is 0.643. The van der Waals surface area contributed by atoms with E-state index in [0.717, 1.165) is 0 Å². The fourth-order valence-electron chi connectivity index (χ4n) is 1.75. The molecular weight excluding hydrogens is 260 g/mol. The molecule has 0 aliphatic rings. The highest BCUT2D eigenvalue weighted by Crippen LogP contribution is 2.10. The third-order valence-corrected chi connectivity index (χ3v) is 2.79. The van der Waals surface area contributed by atoms with Crippen molar-refractivity contribution in [2.45, 2.75) is 25.4 Å². The van der Waals surface area contributed by atoms with Crippen LogP contribution in [0.25, 0.3) is 0 Å². The number of esters is 1. The van der Waals surface area contributed by atoms with E-state index in [9.17, 15) is 14.4 Å². The summed E-state index contributed by atoms with van der Waals surface area (Å²) >= 11 is 0. The highest BCUT2D eigenvalue weighted by atomic mass is 16.5. The summed E-state index contributed by atoms with van der Waals surface area (Å²) in [6, 6.07) is 3.10. The van der Waals surface area contributed by atoms with Crippen LogP contribution in [0.1, 0.15) is 19.4 Å². The van der Waals surface area contributed by atoms with Gasteiger partial charge in [-0.15, -0.1) is 6.58 Å². The van der Waals surface area contributed by atoms with Gasteiger partial charge in [-0.05, 0) is 19.4 Å². The minimum Gasteiger partial charge on any atom is -0.467 e. The minimum absolute atomic E-state index is 0.281. The lowest BCUT2D eigenvalue weighted by Gasteiger charge is -2.20. The molecule has 108 valence electrons. The van der Waals surface area contributed by atoms with Gasteiger partial charge in [0.15, 0.2) is 0 Å². The molecule has 1 amide bonds. The molecule has 1 aromatic rings. The number of pyridine rings is 1. The van der Waals surface area contributed by atoms with Crippen LogP contribution in [-0.4, -0.2) is 29.6 Å². The number of hydrogen-bond acceptors (Lipinski definition) is 4. The van der Waals surface area contributed by atoms with Gasteiger partial charge in [-0.1, -0.05) is 12.1 Å². The van der Waals surface area contributed by atoms with Crippen molar-refractivity contribution < 1.29 is 14.3 Å². The first-order valence-electron chi connectivity index (χ1n) is 6.17. The molecule has 1 unspecified atom stereocenters. The number of methoxy groups -OCH3 is 1. The second-order valence-corrected chi connectivity index (χ2v) is 4.24. The molecule has 0 spiro atoms. The molecule has 20 heavy (non-hydrogen) atoms. The van der Waals surface area contributed by atoms with E-state index >= 15 is 0 Å². The van der Waals surface area contributed by atoms with E-state index in [0.29, 0.717) is 0 Å². The molecule has 1 aromatic heterocycles. The second kappa shape index (κ2) is 7.28. The van der Waals surface area contributed by atoms with Gasteiger partial charge >= 0.3 is 5.97 Å². The van der Waals surface area contributed by atoms with Crippen LogP contribution in [0.5, 0.6) is 0 Å². The summed E-state index contributed by atoms with van der Waals surface area (Å²) in [7, 11) is 1.24. The summed E-state index contributed by atoms with van der Waals surface area (Å²) in [6.07, 6.45) is 3.36. The van der Waals surface area contributed by atoms with Crippen molar-refractivity contribution in [2.24, 2.45) is 0 Å². The van der Waals surface area contributed by atoms with Gasteiger partial charge in [0.1, 0.15) is 12.1 Å². The maximum Gasteiger partial charge on any atom is 0.328 e. The van der Waals surface area contributed by atoms with Crippen LogP contribution in [0.15, 0.2) is 41.8 Å². The summed E-state index contributed by atoms with van der Waals surface area (Å²) in [5, 5.41) is 2.52. The first-order chi connectivity index (χ1) is 9.51. The number of aromatic nitrogens is 1. The molecule has 6 nitrogen and oxygen atoms in total. The van der Waals surface area contributed by atoms with Gasteiger partial charge in [-0.3, -0.25) is 9.59 Å². The first-order valence-corrected chi connectivity index (χ1v) is 6.17. The van der Waals surface area contributed by atoms with Crippen LogP contribution < -0.4 is 10.9 Å². The normalized spacial score (nSPS) is 13.1. The maximum absolute atomic E-state index is 12.2. The molecule has 0 aromatic carbocycles. The van der Waals surface area contributed by atoms with E-state index in [2.05, 4.69) is 16.6 Å². The molecule has 0 radical (unpaired) electrons. The SMILES string of the molecule is C=CC[C@@H](C(=O)NC(C)C(=O)OC)n1ccccc1=O. The lowest BCUT2D eigenvalue weighted by Crippen LogP contribution is -2.44. The Labute approximate surface area is 117 Å². The fourth-order valence-corrected chi connectivity index (χ4v) is 1.75. The van der Waals surface area contributed by atoms with Crippen molar-refractivity contribution in [1.82, 2.24) is 9.88 Å². The maximum atomic E-state index is 12.2. The molecule has 0 aliphatic carbocycles. The molecule has 0 fully saturated rings. The minimum atomic E-state index is -0.778. The molecule has 1 N–H and O–H groups in total. The summed E-state index contributed by atoms with van der Waals surface area (Å²) < 4.78 is 5.85. The fraction of sp³-hybridized carbons (Fsp3) is 0.357. The molecule has 0 bridgehead atoms. The molecule has 0 saturated carbocycles. The number of allylic oxidation sites excluding steroid dienone is 1. The number of carbonyl (C=O) groups excluding carboxylic acids is 2. The average molecular weight is 278 g/mol. The molecule has 0 saturated heterocycles. The summed E-state index contributed by atoms with van der Waals surface area (Å²) in [4.78, 5) is 35.3. The van der Waals surface area contributed by atoms with Gasteiger partial charge in [-0.25, -0.2) is 4.79 Å². The van der Waals surface area contributed by atoms with Gasteiger partial charge in [-0.2, -0.15) is 0 Å². The van der Waals surface area contributed by atoms with Crippen LogP contribution in [0.3, 0.4) is 0 Å². The van der Waals surface area contributed by atoms with Crippen LogP contribution in [-0.2, 0) is 14.3 Å². The second-order valence-electron chi connectivity index (χ2n) is 4.24. The van der Waals surface area contributed by atoms with E-state index < -0.39 is 24.0 Å². The average Bonchev–Trinajstić information content (AvgIpc) is 2.44. The number of hydrogen-bond donors (Lipinski definition) is 1. The van der Waals surface area contributed by atoms with Gasteiger partial charge in [0.05, 0.1) is 7.11 Å². The van der Waals surface area contributed by atoms with Crippen molar-refractivity contribution in [3.8, 4) is 0 Å². The van der Waals surface area contributed by atoms with E-state index in [1.54, 1.807) is 18.2 Å². The van der Waals surface area contributed by atoms with Crippen molar-refractivity contribution in [3.63, 3.8) is 0 Å². The zero-order valence-corrected chi connectivity index (χ0v) is 11.5. The molecule has 2 atom stereocenters. The predicted molar refractivity (Wildman–Crippen MR) is 74.2 cm³/mol. The van der Waals surface area contributed by atoms with Gasteiger partial charge in [0.2, 0.25) is 5.91 Å². The highest BCUT2D eigenvalue weighted by molar-refractivity contribution is 5.86. The quantitative estimate of drug-likeness (QED) is 0.612. The Balaban J connectivity index is 2.94. The van der Waals surface area contributed by atoms with E-state index in [4.69, 9.17) is 0 Å². The number of nitrogens with one attached hydrogen (secondary N) is 1. The van der Waals surface area contributed by atoms with Crippen molar-refractivity contribution in [3.05, 3.63) is 47.4 Å². The third-order valence-electron chi connectivity index (χ3n) is 2.79. The molecule has 1 heterocycles. The number of nitrogens with zero attached hydrogens (tertiary/aromatic N) is 1. The Morgan fingerprint density at radius 2 is 2.20 bits per heavy atom. The van der Waals surface area contributed by atoms with E-state index in [1.165, 1.54) is 30.9 Å². The van der Waals surface area contributed by atoms with E-state index in [-0.39, 0.29) is 12.0 Å². The summed E-state index contributed by atoms with van der Waals surface area (Å²) in [5.41, 5.74) is -0.291. The van der Waals surface area contributed by atoms with Crippen molar-refractivity contribution in [2.75, 3.05) is 7.11 Å². The lowest BCUT2D eigenvalue weighted by molar-refractivity contribution is -0.144. The number of amides is 1. The smallest absolute Gasteiger partial charge is 0.328 e. The van der Waals surface area contributed by atoms with Gasteiger partial charge in [0.25, 0.3) is 5.56 Å². The van der Waals surface area contributed by atoms with Gasteiger partial charge < -0.3 is 14.6 Å². The lowest BCUT2D eigenvalue weighted by atomic mass is 10.1. The Bertz CT molecular complexity index is 550. The Morgan fingerprint density at radius 1 is 1.50 bits per heavy atom. The molecular formula is C14H18N2O4. The highest BCUT2D eigenvalue weighted by Gasteiger charge is 2.23. The topological polar surface area (TPSA) is 77.4 Å². The molecule has 0 aliphatic heterocycles. The standard InChI is InChI=1S/C14H18N2O4/c1-4-7-11(16-9-6-5-8-12(16)17)13(18)15-10(2)14(19)20-3/h4-6,8-11H,1,7H2,2-3H3,(H,15,18)/t10?,11-/m0/s1. The first kappa shape index (κ1) is 15.7. The Kier molecular flexibility index (Phi) is 5.71. The number of ether oxygens (including phenoxy) is 1. The van der Waals surface area contributed by atoms with Crippen LogP contribution in [0, 0.1) is 0 Å². The van der Waals surface area contributed by atoms with Crippen molar-refractivity contribution >= 4 is 11.9 Å². The monoisotopic (exact) mass is 278 g/mol. The molecule has 6 heteroatoms. The van der Waals surface area contributed by atoms with Crippen LogP contribution >= 0.6 is 0 Å². The zero-order valence-electron chi connectivity index (χ0n) is 11.5. The Morgan fingerprint density at radius 3 is 2.75 bits per heavy atom. The van der Waals surface area contributed by atoms with Crippen molar-refractivity contribution in [1.29, 1.82) is 0 Å². The molecule has 1 rings (SSSR count). The van der Waals surface area contributed by atoms with Crippen LogP contribution in [0.2, 0.25) is 0 Å². The third kappa shape index (κ3) is 3.81. The largest absolute Gasteiger partial charge is 0.467 e. The zero-order chi connectivity index (χ0) is 15.1. The summed E-state index contributed by atoms with van der Waals surface area (Å²) in [5.74, 6) is -0.979. The van der Waals surface area contributed by atoms with E-state index in [1.807, 2.05) is 0 Å².